The Hall–Kier alpha value is -2.55. The van der Waals surface area contributed by atoms with Crippen LogP contribution in [-0.2, 0) is 4.79 Å². The van der Waals surface area contributed by atoms with Crippen LogP contribution in [0.4, 0.5) is 19.1 Å². The summed E-state index contributed by atoms with van der Waals surface area (Å²) in [5.41, 5.74) is 0.859. The van der Waals surface area contributed by atoms with Crippen LogP contribution in [0.25, 0.3) is 11.3 Å². The van der Waals surface area contributed by atoms with Crippen molar-refractivity contribution in [1.82, 2.24) is 15.2 Å². The van der Waals surface area contributed by atoms with E-state index in [4.69, 9.17) is 5.84 Å². The van der Waals surface area contributed by atoms with Gasteiger partial charge in [0.2, 0.25) is 0 Å². The van der Waals surface area contributed by atoms with Crippen molar-refractivity contribution in [2.24, 2.45) is 5.84 Å². The summed E-state index contributed by atoms with van der Waals surface area (Å²) in [4.78, 5) is 14.8. The highest BCUT2D eigenvalue weighted by atomic mass is 19.4. The maximum Gasteiger partial charge on any atom is 0.473 e. The van der Waals surface area contributed by atoms with Gasteiger partial charge in [0.1, 0.15) is 0 Å². The van der Waals surface area contributed by atoms with Gasteiger partial charge in [0.25, 0.3) is 5.95 Å². The van der Waals surface area contributed by atoms with E-state index in [0.717, 1.165) is 0 Å². The molecule has 0 spiro atoms. The van der Waals surface area contributed by atoms with Crippen LogP contribution in [0.1, 0.15) is 0 Å². The van der Waals surface area contributed by atoms with Crippen molar-refractivity contribution in [3.8, 4) is 11.3 Å². The quantitative estimate of drug-likeness (QED) is 0.510. The lowest BCUT2D eigenvalue weighted by Gasteiger charge is -2.15. The van der Waals surface area contributed by atoms with E-state index < -0.39 is 18.0 Å². The van der Waals surface area contributed by atoms with Gasteiger partial charge in [-0.25, -0.2) is 15.8 Å². The van der Waals surface area contributed by atoms with Crippen molar-refractivity contribution in [3.05, 3.63) is 36.5 Å². The highest BCUT2D eigenvalue weighted by Gasteiger charge is 2.43. The first kappa shape index (κ1) is 13.9. The number of nitrogens with two attached hydrogens (primary N) is 1. The summed E-state index contributed by atoms with van der Waals surface area (Å²) in [6, 6.07) is 8.57. The van der Waals surface area contributed by atoms with Crippen molar-refractivity contribution >= 4 is 11.9 Å². The second-order valence-electron chi connectivity index (χ2n) is 3.68. The predicted molar refractivity (Wildman–Crippen MR) is 63.0 cm³/mol. The van der Waals surface area contributed by atoms with Crippen molar-refractivity contribution < 1.29 is 18.0 Å². The van der Waals surface area contributed by atoms with E-state index in [9.17, 15) is 18.0 Å². The molecule has 104 valence electrons. The Morgan fingerprint density at radius 2 is 1.85 bits per heavy atom. The molecule has 6 nitrogen and oxygen atoms in total. The molecule has 9 heteroatoms. The smallest absolute Gasteiger partial charge is 0.262 e. The van der Waals surface area contributed by atoms with Crippen LogP contribution < -0.4 is 10.9 Å². The minimum Gasteiger partial charge on any atom is -0.262 e. The molecule has 1 heterocycles. The molecule has 20 heavy (non-hydrogen) atoms. The second kappa shape index (κ2) is 5.21. The lowest BCUT2D eigenvalue weighted by atomic mass is 10.2. The number of amides is 1. The third kappa shape index (κ3) is 2.88. The third-order valence-corrected chi connectivity index (χ3v) is 2.29. The van der Waals surface area contributed by atoms with Gasteiger partial charge in [-0.2, -0.15) is 18.3 Å². The number of hydrazine groups is 1. The molecule has 2 rings (SSSR count). The van der Waals surface area contributed by atoms with Crippen LogP contribution >= 0.6 is 0 Å². The fraction of sp³-hybridized carbons (Fsp3) is 0.0909. The van der Waals surface area contributed by atoms with Gasteiger partial charge in [-0.1, -0.05) is 30.3 Å². The summed E-state index contributed by atoms with van der Waals surface area (Å²) < 4.78 is 36.8. The van der Waals surface area contributed by atoms with Crippen molar-refractivity contribution in [3.63, 3.8) is 0 Å². The summed E-state index contributed by atoms with van der Waals surface area (Å²) in [5.74, 6) is 2.17. The molecule has 0 radical (unpaired) electrons. The Morgan fingerprint density at radius 1 is 1.20 bits per heavy atom. The molecule has 0 saturated heterocycles. The normalized spacial score (nSPS) is 11.2. The van der Waals surface area contributed by atoms with Gasteiger partial charge in [0.05, 0.1) is 11.9 Å². The molecule has 0 saturated carbocycles. The molecule has 0 fully saturated rings. The van der Waals surface area contributed by atoms with Crippen LogP contribution in [0.2, 0.25) is 0 Å². The zero-order valence-electron chi connectivity index (χ0n) is 9.87. The van der Waals surface area contributed by atoms with E-state index in [2.05, 4.69) is 15.2 Å². The third-order valence-electron chi connectivity index (χ3n) is 2.29. The van der Waals surface area contributed by atoms with Gasteiger partial charge >= 0.3 is 12.1 Å². The highest BCUT2D eigenvalue weighted by Crippen LogP contribution is 2.21. The number of nitrogens with zero attached hydrogens (tertiary/aromatic N) is 4. The summed E-state index contributed by atoms with van der Waals surface area (Å²) in [6.07, 6.45) is -3.86. The molecule has 0 aliphatic carbocycles. The number of hydrogen-bond donors (Lipinski definition) is 1. The number of rotatable bonds is 2. The first-order valence-electron chi connectivity index (χ1n) is 5.30. The zero-order chi connectivity index (χ0) is 14.8. The molecule has 0 atom stereocenters. The van der Waals surface area contributed by atoms with Gasteiger partial charge in [-0.05, 0) is 0 Å². The number of carbonyl (C=O) groups is 1. The highest BCUT2D eigenvalue weighted by molar-refractivity contribution is 5.94. The molecular weight excluding hydrogens is 275 g/mol. The number of anilines is 1. The first-order valence-corrected chi connectivity index (χ1v) is 5.30. The van der Waals surface area contributed by atoms with Gasteiger partial charge in [0.15, 0.2) is 0 Å². The van der Waals surface area contributed by atoms with Crippen molar-refractivity contribution in [1.29, 1.82) is 0 Å². The predicted octanol–water partition coefficient (Wildman–Crippen LogP) is 1.31. The van der Waals surface area contributed by atoms with Gasteiger partial charge in [0, 0.05) is 5.56 Å². The molecular formula is C11H8F3N5O. The van der Waals surface area contributed by atoms with Crippen LogP contribution in [-0.4, -0.2) is 27.3 Å². The fourth-order valence-corrected chi connectivity index (χ4v) is 1.37. The maximum atomic E-state index is 12.3. The number of aromatic nitrogens is 3. The Labute approximate surface area is 111 Å². The second-order valence-corrected chi connectivity index (χ2v) is 3.68. The minimum atomic E-state index is -5.11. The Kier molecular flexibility index (Phi) is 3.61. The number of alkyl halides is 3. The topological polar surface area (TPSA) is 85.0 Å². The van der Waals surface area contributed by atoms with Gasteiger partial charge < -0.3 is 0 Å². The van der Waals surface area contributed by atoms with Crippen LogP contribution in [0, 0.1) is 0 Å². The molecule has 0 aliphatic rings. The minimum absolute atomic E-state index is 0.181. The SMILES string of the molecule is NN(C(=O)C(F)(F)F)c1nncc(-c2ccccc2)n1. The van der Waals surface area contributed by atoms with E-state index in [0.29, 0.717) is 5.56 Å². The Bertz CT molecular complexity index is 617. The fourth-order valence-electron chi connectivity index (χ4n) is 1.37. The molecule has 2 N–H and O–H groups in total. The summed E-state index contributed by atoms with van der Waals surface area (Å²) in [5, 5.41) is 6.63. The maximum absolute atomic E-state index is 12.3. The lowest BCUT2D eigenvalue weighted by molar-refractivity contribution is -0.170. The average Bonchev–Trinajstić information content (AvgIpc) is 2.46. The largest absolute Gasteiger partial charge is 0.473 e. The van der Waals surface area contributed by atoms with E-state index in [1.807, 2.05) is 0 Å². The van der Waals surface area contributed by atoms with Gasteiger partial charge in [-0.15, -0.1) is 5.10 Å². The summed E-state index contributed by atoms with van der Waals surface area (Å²) in [6.45, 7) is 0. The van der Waals surface area contributed by atoms with Crippen LogP contribution in [0.5, 0.6) is 0 Å². The van der Waals surface area contributed by atoms with Crippen molar-refractivity contribution in [2.75, 3.05) is 5.01 Å². The zero-order valence-corrected chi connectivity index (χ0v) is 9.87. The monoisotopic (exact) mass is 283 g/mol. The number of carbonyl (C=O) groups excluding carboxylic acids is 1. The number of halogens is 3. The van der Waals surface area contributed by atoms with E-state index >= 15 is 0 Å². The number of hydrogen-bond acceptors (Lipinski definition) is 5. The van der Waals surface area contributed by atoms with Crippen LogP contribution in [0.15, 0.2) is 36.5 Å². The summed E-state index contributed by atoms with van der Waals surface area (Å²) in [7, 11) is 0. The molecule has 1 amide bonds. The molecule has 0 bridgehead atoms. The van der Waals surface area contributed by atoms with E-state index in [-0.39, 0.29) is 10.7 Å². The van der Waals surface area contributed by atoms with Crippen LogP contribution in [0.3, 0.4) is 0 Å². The lowest BCUT2D eigenvalue weighted by Crippen LogP contribution is -2.46. The molecule has 2 aromatic rings. The molecule has 1 aromatic heterocycles. The van der Waals surface area contributed by atoms with Gasteiger partial charge in [-0.3, -0.25) is 4.79 Å². The standard InChI is InChI=1S/C11H8F3N5O/c12-11(13,14)9(20)19(15)10-17-8(6-16-18-10)7-4-2-1-3-5-7/h1-6H,15H2. The Balaban J connectivity index is 2.34. The van der Waals surface area contributed by atoms with Crippen molar-refractivity contribution in [2.45, 2.75) is 6.18 Å². The average molecular weight is 283 g/mol. The van der Waals surface area contributed by atoms with E-state index in [1.165, 1.54) is 6.20 Å². The Morgan fingerprint density at radius 3 is 2.45 bits per heavy atom. The van der Waals surface area contributed by atoms with E-state index in [1.54, 1.807) is 30.3 Å². The first-order chi connectivity index (χ1) is 9.39. The molecule has 0 aliphatic heterocycles. The number of benzene rings is 1. The molecule has 0 unspecified atom stereocenters. The summed E-state index contributed by atoms with van der Waals surface area (Å²) >= 11 is 0. The molecule has 1 aromatic carbocycles.